The summed E-state index contributed by atoms with van der Waals surface area (Å²) < 4.78 is 21.0. The van der Waals surface area contributed by atoms with Gasteiger partial charge in [-0.15, -0.1) is 0 Å². The molecule has 2 heterocycles. The van der Waals surface area contributed by atoms with Gasteiger partial charge in [0.15, 0.2) is 0 Å². The van der Waals surface area contributed by atoms with Gasteiger partial charge in [-0.25, -0.2) is 13.3 Å². The Labute approximate surface area is 264 Å². The van der Waals surface area contributed by atoms with E-state index in [9.17, 15) is 9.00 Å². The first-order chi connectivity index (χ1) is 20.5. The molecule has 3 aromatic rings. The number of carbonyl (C=O) groups is 1. The van der Waals surface area contributed by atoms with Crippen LogP contribution < -0.4 is 0 Å². The fraction of sp³-hybridized carbons (Fsp3) is 0.457. The zero-order chi connectivity index (χ0) is 30.6. The van der Waals surface area contributed by atoms with Crippen LogP contribution in [0, 0.1) is 0 Å². The molecule has 0 aliphatic carbocycles. The largest absolute Gasteiger partial charge is 0.444 e. The van der Waals surface area contributed by atoms with Gasteiger partial charge in [-0.05, 0) is 107 Å². The van der Waals surface area contributed by atoms with Crippen molar-refractivity contribution in [3.63, 3.8) is 0 Å². The molecule has 1 spiro atoms. The van der Waals surface area contributed by atoms with Gasteiger partial charge < -0.3 is 14.5 Å². The van der Waals surface area contributed by atoms with Crippen LogP contribution in [0.3, 0.4) is 0 Å². The number of nitrogens with zero attached hydrogens (tertiary/aromatic N) is 3. The number of amides is 1. The van der Waals surface area contributed by atoms with E-state index in [4.69, 9.17) is 16.3 Å². The highest BCUT2D eigenvalue weighted by molar-refractivity contribution is 7.82. The lowest BCUT2D eigenvalue weighted by atomic mass is 9.69. The topological polar surface area (TPSA) is 53.1 Å². The third-order valence-electron chi connectivity index (χ3n) is 8.73. The molecule has 0 saturated carbocycles. The zero-order valence-corrected chi connectivity index (χ0v) is 27.4. The van der Waals surface area contributed by atoms with Crippen LogP contribution in [0.5, 0.6) is 0 Å². The van der Waals surface area contributed by atoms with E-state index >= 15 is 0 Å². The fourth-order valence-electron chi connectivity index (χ4n) is 6.53. The minimum absolute atomic E-state index is 0.0681. The Morgan fingerprint density at radius 3 is 2.42 bits per heavy atom. The van der Waals surface area contributed by atoms with Crippen LogP contribution in [0.2, 0.25) is 5.02 Å². The zero-order valence-electron chi connectivity index (χ0n) is 25.8. The Bertz CT molecular complexity index is 1420. The molecule has 2 unspecified atom stereocenters. The van der Waals surface area contributed by atoms with Crippen molar-refractivity contribution in [2.45, 2.75) is 68.4 Å². The van der Waals surface area contributed by atoms with Crippen molar-refractivity contribution in [3.8, 4) is 0 Å². The number of ether oxygens (including phenoxy) is 1. The highest BCUT2D eigenvalue weighted by Gasteiger charge is 2.44. The molecule has 43 heavy (non-hydrogen) atoms. The average molecular weight is 622 g/mol. The van der Waals surface area contributed by atoms with Gasteiger partial charge in [0.2, 0.25) is 0 Å². The molecule has 1 fully saturated rings. The Balaban J connectivity index is 1.26. The highest BCUT2D eigenvalue weighted by atomic mass is 35.5. The predicted octanol–water partition coefficient (Wildman–Crippen LogP) is 7.25. The molecule has 8 heteroatoms. The summed E-state index contributed by atoms with van der Waals surface area (Å²) in [4.78, 5) is 18.4. The van der Waals surface area contributed by atoms with Crippen LogP contribution in [0.15, 0.2) is 83.8 Å². The van der Waals surface area contributed by atoms with Crippen molar-refractivity contribution in [3.05, 3.63) is 101 Å². The van der Waals surface area contributed by atoms with Crippen molar-refractivity contribution in [2.75, 3.05) is 39.8 Å². The molecule has 0 bridgehead atoms. The van der Waals surface area contributed by atoms with Crippen molar-refractivity contribution < 1.29 is 13.7 Å². The molecule has 230 valence electrons. The molecule has 1 amide bonds. The quantitative estimate of drug-likeness (QED) is 0.266. The summed E-state index contributed by atoms with van der Waals surface area (Å²) in [5, 5.41) is 0.722. The molecule has 6 nitrogen and oxygen atoms in total. The van der Waals surface area contributed by atoms with Gasteiger partial charge in [-0.3, -0.25) is 0 Å². The van der Waals surface area contributed by atoms with Gasteiger partial charge in [-0.2, -0.15) is 0 Å². The van der Waals surface area contributed by atoms with Gasteiger partial charge >= 0.3 is 6.09 Å². The summed E-state index contributed by atoms with van der Waals surface area (Å²) in [7, 11) is 0.698. The number of likely N-dealkylation sites (tertiary alicyclic amines) is 1. The number of hydrogen-bond donors (Lipinski definition) is 0. The van der Waals surface area contributed by atoms with Gasteiger partial charge in [0.1, 0.15) is 16.6 Å². The van der Waals surface area contributed by atoms with Crippen LogP contribution in [-0.2, 0) is 27.7 Å². The lowest BCUT2D eigenvalue weighted by Crippen LogP contribution is -2.54. The molecule has 0 N–H and O–H groups in total. The first kappa shape index (κ1) is 31.7. The van der Waals surface area contributed by atoms with Crippen LogP contribution >= 0.6 is 11.6 Å². The first-order valence-corrected chi connectivity index (χ1v) is 16.7. The lowest BCUT2D eigenvalue weighted by molar-refractivity contribution is 0.0104. The maximum absolute atomic E-state index is 13.3. The van der Waals surface area contributed by atoms with Crippen molar-refractivity contribution in [1.29, 1.82) is 0 Å². The van der Waals surface area contributed by atoms with Gasteiger partial charge in [0.05, 0.1) is 4.90 Å². The second-order valence-electron chi connectivity index (χ2n) is 13.0. The average Bonchev–Trinajstić information content (AvgIpc) is 2.99. The third-order valence-corrected chi connectivity index (χ3v) is 10.4. The SMILES string of the molecule is CN(CC(CCN1CCC2(CC1)CN(C(=O)OC(C)(C)C)Cc1ccccc12)c1cccc(Cl)c1)S(=O)c1ccccc1. The van der Waals surface area contributed by atoms with Crippen molar-refractivity contribution in [2.24, 2.45) is 0 Å². The maximum atomic E-state index is 13.3. The number of fused-ring (bicyclic) bond motifs is 2. The second kappa shape index (κ2) is 13.5. The van der Waals surface area contributed by atoms with Crippen molar-refractivity contribution in [1.82, 2.24) is 14.1 Å². The number of likely N-dealkylation sites (N-methyl/N-ethyl adjacent to an activating group) is 1. The molecule has 2 aliphatic rings. The van der Waals surface area contributed by atoms with Crippen LogP contribution in [0.4, 0.5) is 4.79 Å². The molecule has 0 radical (unpaired) electrons. The first-order valence-electron chi connectivity index (χ1n) is 15.3. The molecule has 1 saturated heterocycles. The van der Waals surface area contributed by atoms with E-state index in [0.717, 1.165) is 48.8 Å². The van der Waals surface area contributed by atoms with Crippen molar-refractivity contribution >= 4 is 28.7 Å². The predicted molar refractivity (Wildman–Crippen MR) is 175 cm³/mol. The normalized spacial score (nSPS) is 18.3. The lowest BCUT2D eigenvalue weighted by Gasteiger charge is -2.48. The van der Waals surface area contributed by atoms with E-state index in [1.807, 2.05) is 85.6 Å². The Morgan fingerprint density at radius 2 is 1.72 bits per heavy atom. The fourth-order valence-corrected chi connectivity index (χ4v) is 7.80. The van der Waals surface area contributed by atoms with E-state index in [0.29, 0.717) is 19.6 Å². The number of benzene rings is 3. The molecule has 0 aromatic heterocycles. The van der Waals surface area contributed by atoms with E-state index in [2.05, 4.69) is 35.2 Å². The summed E-state index contributed by atoms with van der Waals surface area (Å²) in [5.74, 6) is 0.185. The minimum atomic E-state index is -1.23. The maximum Gasteiger partial charge on any atom is 0.410 e. The number of hydrogen-bond acceptors (Lipinski definition) is 4. The Morgan fingerprint density at radius 1 is 1.02 bits per heavy atom. The molecule has 5 rings (SSSR count). The van der Waals surface area contributed by atoms with Gasteiger partial charge in [0.25, 0.3) is 0 Å². The van der Waals surface area contributed by atoms with E-state index in [-0.39, 0.29) is 17.4 Å². The summed E-state index contributed by atoms with van der Waals surface area (Å²) in [6.45, 7) is 10.6. The molecule has 3 aromatic carbocycles. The molecular formula is C35H44ClN3O3S. The van der Waals surface area contributed by atoms with Crippen LogP contribution in [-0.4, -0.2) is 69.8 Å². The Hall–Kier alpha value is -2.71. The van der Waals surface area contributed by atoms with Gasteiger partial charge in [0, 0.05) is 37.1 Å². The van der Waals surface area contributed by atoms with Crippen LogP contribution in [0.1, 0.15) is 62.6 Å². The van der Waals surface area contributed by atoms with Crippen LogP contribution in [0.25, 0.3) is 0 Å². The smallest absolute Gasteiger partial charge is 0.410 e. The number of carbonyl (C=O) groups excluding carboxylic acids is 1. The second-order valence-corrected chi connectivity index (χ2v) is 15.1. The highest BCUT2D eigenvalue weighted by Crippen LogP contribution is 2.42. The summed E-state index contributed by atoms with van der Waals surface area (Å²) >= 11 is 6.41. The number of halogens is 1. The number of piperidine rings is 1. The molecule has 2 atom stereocenters. The third kappa shape index (κ3) is 7.88. The standard InChI is InChI=1S/C35H44ClN3O3S/c1-34(2,3)42-33(40)39-25-29-11-8-9-16-32(29)35(26-39)18-21-38(22-19-35)20-17-28(27-12-10-13-30(36)23-27)24-37(4)43(41)31-14-6-5-7-15-31/h5-16,23,28H,17-22,24-26H2,1-4H3. The van der Waals surface area contributed by atoms with Gasteiger partial charge in [-0.1, -0.05) is 66.2 Å². The van der Waals surface area contributed by atoms with E-state index in [1.165, 1.54) is 16.7 Å². The summed E-state index contributed by atoms with van der Waals surface area (Å²) in [5.41, 5.74) is 3.19. The number of rotatable bonds is 8. The van der Waals surface area contributed by atoms with E-state index < -0.39 is 16.6 Å². The summed E-state index contributed by atoms with van der Waals surface area (Å²) in [6.07, 6.45) is 2.68. The molecule has 2 aliphatic heterocycles. The monoisotopic (exact) mass is 621 g/mol. The van der Waals surface area contributed by atoms with E-state index in [1.54, 1.807) is 0 Å². The molecular weight excluding hydrogens is 578 g/mol. The minimum Gasteiger partial charge on any atom is -0.444 e. The Kier molecular flexibility index (Phi) is 9.96. The summed E-state index contributed by atoms with van der Waals surface area (Å²) in [6, 6.07) is 26.3.